The van der Waals surface area contributed by atoms with Gasteiger partial charge in [0.05, 0.1) is 6.04 Å². The summed E-state index contributed by atoms with van der Waals surface area (Å²) in [5.41, 5.74) is 6.45. The first-order valence-corrected chi connectivity index (χ1v) is 6.00. The lowest BCUT2D eigenvalue weighted by Gasteiger charge is -2.23. The standard InChI is InChI=1S/C13H17NO3S/c1-13(2,18)11(14)10(15)12(16)17-8-9-6-4-3-5-7-9/h3-7,11,18H,8,14H2,1-2H3/t11-/m1/s1. The molecule has 1 rings (SSSR count). The fourth-order valence-corrected chi connectivity index (χ4v) is 1.36. The van der Waals surface area contributed by atoms with Crippen LogP contribution in [0.3, 0.4) is 0 Å². The number of thiol groups is 1. The minimum atomic E-state index is -0.982. The minimum absolute atomic E-state index is 0.0606. The number of esters is 1. The molecule has 0 aliphatic rings. The highest BCUT2D eigenvalue weighted by molar-refractivity contribution is 7.81. The summed E-state index contributed by atoms with van der Waals surface area (Å²) in [5.74, 6) is -1.68. The van der Waals surface area contributed by atoms with Crippen LogP contribution in [0.5, 0.6) is 0 Å². The molecule has 0 bridgehead atoms. The SMILES string of the molecule is CC(C)(S)[C@H](N)C(=O)C(=O)OCc1ccccc1. The lowest BCUT2D eigenvalue weighted by Crippen LogP contribution is -2.48. The van der Waals surface area contributed by atoms with Crippen LogP contribution in [0.4, 0.5) is 0 Å². The predicted molar refractivity (Wildman–Crippen MR) is 72.3 cm³/mol. The van der Waals surface area contributed by atoms with Gasteiger partial charge in [0, 0.05) is 4.75 Å². The van der Waals surface area contributed by atoms with Crippen molar-refractivity contribution in [1.29, 1.82) is 0 Å². The largest absolute Gasteiger partial charge is 0.455 e. The lowest BCUT2D eigenvalue weighted by atomic mass is 10.00. The number of ether oxygens (including phenoxy) is 1. The number of hydrogen-bond acceptors (Lipinski definition) is 5. The molecular weight excluding hydrogens is 250 g/mol. The smallest absolute Gasteiger partial charge is 0.376 e. The zero-order valence-electron chi connectivity index (χ0n) is 10.4. The summed E-state index contributed by atoms with van der Waals surface area (Å²) in [6.45, 7) is 3.40. The fourth-order valence-electron chi connectivity index (χ4n) is 1.24. The molecule has 0 spiro atoms. The third-order valence-corrected chi connectivity index (χ3v) is 2.74. The molecule has 18 heavy (non-hydrogen) atoms. The molecule has 0 aliphatic carbocycles. The molecule has 0 aliphatic heterocycles. The van der Waals surface area contributed by atoms with Crippen molar-refractivity contribution in [3.8, 4) is 0 Å². The number of Topliss-reactive ketones (excluding diaryl/α,β-unsaturated/α-hetero) is 1. The van der Waals surface area contributed by atoms with Gasteiger partial charge in [-0.15, -0.1) is 0 Å². The van der Waals surface area contributed by atoms with Crippen LogP contribution >= 0.6 is 12.6 Å². The average Bonchev–Trinajstić information content (AvgIpc) is 2.34. The molecule has 5 heteroatoms. The first-order valence-electron chi connectivity index (χ1n) is 5.55. The summed E-state index contributed by atoms with van der Waals surface area (Å²) >= 11 is 4.17. The number of nitrogens with two attached hydrogens (primary N) is 1. The van der Waals surface area contributed by atoms with E-state index in [2.05, 4.69) is 12.6 Å². The molecule has 1 aromatic rings. The van der Waals surface area contributed by atoms with Gasteiger partial charge in [0.2, 0.25) is 0 Å². The van der Waals surface area contributed by atoms with Crippen molar-refractivity contribution >= 4 is 24.4 Å². The van der Waals surface area contributed by atoms with Gasteiger partial charge in [-0.25, -0.2) is 4.79 Å². The second-order valence-corrected chi connectivity index (χ2v) is 5.71. The Hall–Kier alpha value is -1.33. The molecule has 0 aromatic heterocycles. The zero-order valence-corrected chi connectivity index (χ0v) is 11.3. The van der Waals surface area contributed by atoms with E-state index in [1.54, 1.807) is 26.0 Å². The molecule has 0 fully saturated rings. The maximum atomic E-state index is 11.7. The molecule has 0 radical (unpaired) electrons. The van der Waals surface area contributed by atoms with Crippen LogP contribution in [-0.4, -0.2) is 22.5 Å². The Morgan fingerprint density at radius 3 is 2.39 bits per heavy atom. The van der Waals surface area contributed by atoms with E-state index in [0.717, 1.165) is 5.56 Å². The van der Waals surface area contributed by atoms with Gasteiger partial charge in [0.1, 0.15) is 6.61 Å². The maximum Gasteiger partial charge on any atom is 0.376 e. The van der Waals surface area contributed by atoms with Gasteiger partial charge < -0.3 is 10.5 Å². The van der Waals surface area contributed by atoms with Crippen LogP contribution in [0, 0.1) is 0 Å². The van der Waals surface area contributed by atoms with Crippen molar-refractivity contribution in [2.75, 3.05) is 0 Å². The minimum Gasteiger partial charge on any atom is -0.455 e. The van der Waals surface area contributed by atoms with Crippen LogP contribution in [0.2, 0.25) is 0 Å². The number of carbonyl (C=O) groups excluding carboxylic acids is 2. The maximum absolute atomic E-state index is 11.7. The van der Waals surface area contributed by atoms with Gasteiger partial charge in [-0.2, -0.15) is 12.6 Å². The number of carbonyl (C=O) groups is 2. The molecular formula is C13H17NO3S. The summed E-state index contributed by atoms with van der Waals surface area (Å²) < 4.78 is 4.14. The monoisotopic (exact) mass is 267 g/mol. The zero-order chi connectivity index (χ0) is 13.8. The molecule has 0 saturated carbocycles. The number of hydrogen-bond donors (Lipinski definition) is 2. The molecule has 1 aromatic carbocycles. The first-order chi connectivity index (χ1) is 8.32. The molecule has 0 amide bonds. The van der Waals surface area contributed by atoms with E-state index in [4.69, 9.17) is 10.5 Å². The van der Waals surface area contributed by atoms with Gasteiger partial charge in [-0.3, -0.25) is 4.79 Å². The summed E-state index contributed by atoms with van der Waals surface area (Å²) in [6.07, 6.45) is 0. The summed E-state index contributed by atoms with van der Waals surface area (Å²) in [7, 11) is 0. The van der Waals surface area contributed by atoms with Gasteiger partial charge >= 0.3 is 5.97 Å². The molecule has 0 heterocycles. The lowest BCUT2D eigenvalue weighted by molar-refractivity contribution is -0.155. The molecule has 2 N–H and O–H groups in total. The molecule has 4 nitrogen and oxygen atoms in total. The third kappa shape index (κ3) is 4.16. The Morgan fingerprint density at radius 1 is 1.33 bits per heavy atom. The van der Waals surface area contributed by atoms with E-state index in [0.29, 0.717) is 0 Å². The van der Waals surface area contributed by atoms with Crippen molar-refractivity contribution in [1.82, 2.24) is 0 Å². The fraction of sp³-hybridized carbons (Fsp3) is 0.385. The van der Waals surface area contributed by atoms with Crippen LogP contribution < -0.4 is 5.73 Å². The van der Waals surface area contributed by atoms with E-state index in [1.165, 1.54) is 0 Å². The Morgan fingerprint density at radius 2 is 1.89 bits per heavy atom. The van der Waals surface area contributed by atoms with E-state index in [-0.39, 0.29) is 6.61 Å². The average molecular weight is 267 g/mol. The van der Waals surface area contributed by atoms with E-state index in [9.17, 15) is 9.59 Å². The number of ketones is 1. The summed E-state index contributed by atoms with van der Waals surface area (Å²) in [6, 6.07) is 8.14. The van der Waals surface area contributed by atoms with Crippen molar-refractivity contribution < 1.29 is 14.3 Å². The van der Waals surface area contributed by atoms with Gasteiger partial charge in [-0.05, 0) is 19.4 Å². The van der Waals surface area contributed by atoms with Crippen molar-refractivity contribution in [3.05, 3.63) is 35.9 Å². The Labute approximate surface area is 112 Å². The normalized spacial score (nSPS) is 12.9. The van der Waals surface area contributed by atoms with E-state index >= 15 is 0 Å². The van der Waals surface area contributed by atoms with Crippen LogP contribution in [0.15, 0.2) is 30.3 Å². The highest BCUT2D eigenvalue weighted by Gasteiger charge is 2.33. The number of rotatable bonds is 5. The van der Waals surface area contributed by atoms with Crippen molar-refractivity contribution in [2.45, 2.75) is 31.2 Å². The molecule has 1 atom stereocenters. The Kier molecular flexibility index (Phi) is 4.93. The Balaban J connectivity index is 2.54. The van der Waals surface area contributed by atoms with Crippen molar-refractivity contribution in [2.24, 2.45) is 5.73 Å². The second-order valence-electron chi connectivity index (χ2n) is 4.56. The van der Waals surface area contributed by atoms with Crippen LogP contribution in [0.25, 0.3) is 0 Å². The highest BCUT2D eigenvalue weighted by atomic mass is 32.1. The molecule has 98 valence electrons. The summed E-state index contributed by atoms with van der Waals surface area (Å²) in [5, 5.41) is 0. The van der Waals surface area contributed by atoms with Gasteiger partial charge in [0.15, 0.2) is 0 Å². The van der Waals surface area contributed by atoms with Crippen molar-refractivity contribution in [3.63, 3.8) is 0 Å². The topological polar surface area (TPSA) is 69.4 Å². The van der Waals surface area contributed by atoms with Crippen LogP contribution in [0.1, 0.15) is 19.4 Å². The van der Waals surface area contributed by atoms with E-state index < -0.39 is 22.5 Å². The van der Waals surface area contributed by atoms with Gasteiger partial charge in [-0.1, -0.05) is 30.3 Å². The number of benzene rings is 1. The first kappa shape index (κ1) is 14.7. The highest BCUT2D eigenvalue weighted by Crippen LogP contribution is 2.17. The van der Waals surface area contributed by atoms with Gasteiger partial charge in [0.25, 0.3) is 5.78 Å². The second kappa shape index (κ2) is 6.02. The third-order valence-electron chi connectivity index (χ3n) is 2.46. The predicted octanol–water partition coefficient (Wildman–Crippen LogP) is 1.33. The van der Waals surface area contributed by atoms with E-state index in [1.807, 2.05) is 18.2 Å². The quantitative estimate of drug-likeness (QED) is 0.480. The molecule has 0 unspecified atom stereocenters. The Bertz CT molecular complexity index is 426. The van der Waals surface area contributed by atoms with Crippen LogP contribution in [-0.2, 0) is 20.9 Å². The summed E-state index contributed by atoms with van der Waals surface area (Å²) in [4.78, 5) is 23.2. The molecule has 0 saturated heterocycles.